The van der Waals surface area contributed by atoms with Gasteiger partial charge in [-0.15, -0.1) is 0 Å². The maximum absolute atomic E-state index is 13.8. The number of halogens is 1. The first kappa shape index (κ1) is 11.6. The van der Waals surface area contributed by atoms with E-state index in [1.54, 1.807) is 12.1 Å². The number of ether oxygens (including phenoxy) is 1. The van der Waals surface area contributed by atoms with Gasteiger partial charge in [0.1, 0.15) is 5.82 Å². The number of rotatable bonds is 2. The van der Waals surface area contributed by atoms with Gasteiger partial charge < -0.3 is 10.5 Å². The highest BCUT2D eigenvalue weighted by atomic mass is 19.1. The summed E-state index contributed by atoms with van der Waals surface area (Å²) < 4.78 is 19.6. The molecule has 2 N–H and O–H groups in total. The normalized spacial score (nSPS) is 30.3. The molecule has 0 spiro atoms. The van der Waals surface area contributed by atoms with Crippen molar-refractivity contribution in [1.29, 1.82) is 0 Å². The first-order chi connectivity index (χ1) is 7.68. The summed E-state index contributed by atoms with van der Waals surface area (Å²) in [7, 11) is 0. The van der Waals surface area contributed by atoms with E-state index in [9.17, 15) is 4.39 Å². The van der Waals surface area contributed by atoms with Crippen LogP contribution >= 0.6 is 0 Å². The van der Waals surface area contributed by atoms with Gasteiger partial charge in [-0.1, -0.05) is 25.1 Å². The van der Waals surface area contributed by atoms with E-state index >= 15 is 0 Å². The first-order valence-electron chi connectivity index (χ1n) is 5.82. The Bertz CT molecular complexity index is 369. The van der Waals surface area contributed by atoms with Gasteiger partial charge in [0.05, 0.1) is 5.60 Å². The zero-order valence-corrected chi connectivity index (χ0v) is 9.58. The predicted molar refractivity (Wildman–Crippen MR) is 61.5 cm³/mol. The van der Waals surface area contributed by atoms with Gasteiger partial charge >= 0.3 is 0 Å². The van der Waals surface area contributed by atoms with Crippen LogP contribution in [-0.2, 0) is 10.3 Å². The van der Waals surface area contributed by atoms with E-state index < -0.39 is 5.60 Å². The molecule has 3 heteroatoms. The lowest BCUT2D eigenvalue weighted by atomic mass is 9.82. The van der Waals surface area contributed by atoms with Gasteiger partial charge in [-0.3, -0.25) is 0 Å². The summed E-state index contributed by atoms with van der Waals surface area (Å²) in [4.78, 5) is 0. The molecule has 1 heterocycles. The Balaban J connectivity index is 2.37. The minimum Gasteiger partial charge on any atom is -0.370 e. The smallest absolute Gasteiger partial charge is 0.129 e. The molecule has 1 aliphatic rings. The average Bonchev–Trinajstić information content (AvgIpc) is 2.29. The van der Waals surface area contributed by atoms with Gasteiger partial charge in [-0.25, -0.2) is 4.39 Å². The van der Waals surface area contributed by atoms with Crippen molar-refractivity contribution in [3.05, 3.63) is 35.6 Å². The molecule has 16 heavy (non-hydrogen) atoms. The highest BCUT2D eigenvalue weighted by molar-refractivity contribution is 5.25. The van der Waals surface area contributed by atoms with Crippen LogP contribution in [0.15, 0.2) is 24.3 Å². The molecule has 88 valence electrons. The lowest BCUT2D eigenvalue weighted by molar-refractivity contribution is -0.0945. The van der Waals surface area contributed by atoms with Crippen LogP contribution in [0.2, 0.25) is 0 Å². The number of benzene rings is 1. The van der Waals surface area contributed by atoms with Crippen LogP contribution < -0.4 is 5.73 Å². The van der Waals surface area contributed by atoms with Crippen molar-refractivity contribution < 1.29 is 9.13 Å². The molecular weight excluding hydrogens is 205 g/mol. The summed E-state index contributed by atoms with van der Waals surface area (Å²) in [5.74, 6) is -0.196. The molecule has 1 fully saturated rings. The minimum absolute atomic E-state index is 0.105. The number of hydrogen-bond acceptors (Lipinski definition) is 2. The van der Waals surface area contributed by atoms with E-state index in [4.69, 9.17) is 10.5 Å². The summed E-state index contributed by atoms with van der Waals surface area (Å²) in [5.41, 5.74) is 6.09. The molecule has 2 nitrogen and oxygen atoms in total. The van der Waals surface area contributed by atoms with Crippen molar-refractivity contribution in [1.82, 2.24) is 0 Å². The molecule has 1 aliphatic heterocycles. The largest absolute Gasteiger partial charge is 0.370 e. The van der Waals surface area contributed by atoms with E-state index in [1.807, 2.05) is 13.0 Å². The second-order valence-corrected chi connectivity index (χ2v) is 4.43. The second kappa shape index (κ2) is 4.52. The highest BCUT2D eigenvalue weighted by Gasteiger charge is 2.38. The predicted octanol–water partition coefficient (Wildman–Crippen LogP) is 2.57. The maximum Gasteiger partial charge on any atom is 0.129 e. The summed E-state index contributed by atoms with van der Waals surface area (Å²) in [6, 6.07) is 6.94. The van der Waals surface area contributed by atoms with E-state index in [0.717, 1.165) is 12.8 Å². The quantitative estimate of drug-likeness (QED) is 0.836. The SMILES string of the molecule is CCC1(c2ccccc2F)CC(N)CCO1. The van der Waals surface area contributed by atoms with Gasteiger partial charge in [-0.2, -0.15) is 0 Å². The van der Waals surface area contributed by atoms with Crippen molar-refractivity contribution in [3.63, 3.8) is 0 Å². The molecule has 2 unspecified atom stereocenters. The Labute approximate surface area is 95.6 Å². The Kier molecular flexibility index (Phi) is 3.26. The van der Waals surface area contributed by atoms with Crippen molar-refractivity contribution in [2.45, 2.75) is 37.8 Å². The van der Waals surface area contributed by atoms with Crippen molar-refractivity contribution >= 4 is 0 Å². The minimum atomic E-state index is -0.525. The van der Waals surface area contributed by atoms with Crippen LogP contribution in [0.5, 0.6) is 0 Å². The molecule has 0 bridgehead atoms. The lowest BCUT2D eigenvalue weighted by Gasteiger charge is -2.39. The third-order valence-corrected chi connectivity index (χ3v) is 3.39. The zero-order chi connectivity index (χ0) is 11.6. The van der Waals surface area contributed by atoms with Crippen LogP contribution in [0.1, 0.15) is 31.7 Å². The van der Waals surface area contributed by atoms with Crippen LogP contribution in [0.25, 0.3) is 0 Å². The average molecular weight is 223 g/mol. The number of nitrogens with two attached hydrogens (primary N) is 1. The second-order valence-electron chi connectivity index (χ2n) is 4.43. The fraction of sp³-hybridized carbons (Fsp3) is 0.538. The van der Waals surface area contributed by atoms with Crippen molar-refractivity contribution in [2.24, 2.45) is 5.73 Å². The fourth-order valence-electron chi connectivity index (χ4n) is 2.45. The molecular formula is C13H18FNO. The van der Waals surface area contributed by atoms with E-state index in [2.05, 4.69) is 0 Å². The van der Waals surface area contributed by atoms with E-state index in [-0.39, 0.29) is 11.9 Å². The van der Waals surface area contributed by atoms with Gasteiger partial charge in [0.25, 0.3) is 0 Å². The summed E-state index contributed by atoms with van der Waals surface area (Å²) >= 11 is 0. The molecule has 2 rings (SSSR count). The Morgan fingerprint density at radius 1 is 1.50 bits per heavy atom. The zero-order valence-electron chi connectivity index (χ0n) is 9.58. The Morgan fingerprint density at radius 3 is 2.88 bits per heavy atom. The van der Waals surface area contributed by atoms with Crippen LogP contribution in [0, 0.1) is 5.82 Å². The van der Waals surface area contributed by atoms with Crippen LogP contribution in [-0.4, -0.2) is 12.6 Å². The highest BCUT2D eigenvalue weighted by Crippen LogP contribution is 2.38. The monoisotopic (exact) mass is 223 g/mol. The molecule has 0 aromatic heterocycles. The first-order valence-corrected chi connectivity index (χ1v) is 5.82. The molecule has 2 atom stereocenters. The van der Waals surface area contributed by atoms with Gasteiger partial charge in [0.15, 0.2) is 0 Å². The van der Waals surface area contributed by atoms with Gasteiger partial charge in [-0.05, 0) is 25.3 Å². The topological polar surface area (TPSA) is 35.2 Å². The third kappa shape index (κ3) is 1.97. The molecule has 1 aromatic rings. The molecule has 0 aliphatic carbocycles. The maximum atomic E-state index is 13.8. The fourth-order valence-corrected chi connectivity index (χ4v) is 2.45. The van der Waals surface area contributed by atoms with Crippen molar-refractivity contribution in [3.8, 4) is 0 Å². The molecule has 1 saturated heterocycles. The van der Waals surface area contributed by atoms with Gasteiger partial charge in [0, 0.05) is 18.2 Å². The van der Waals surface area contributed by atoms with E-state index in [0.29, 0.717) is 18.6 Å². The summed E-state index contributed by atoms with van der Waals surface area (Å²) in [5, 5.41) is 0. The van der Waals surface area contributed by atoms with Crippen LogP contribution in [0.4, 0.5) is 4.39 Å². The van der Waals surface area contributed by atoms with Crippen LogP contribution in [0.3, 0.4) is 0 Å². The Morgan fingerprint density at radius 2 is 2.25 bits per heavy atom. The molecule has 1 aromatic carbocycles. The summed E-state index contributed by atoms with van der Waals surface area (Å²) in [6.45, 7) is 2.63. The van der Waals surface area contributed by atoms with Crippen molar-refractivity contribution in [2.75, 3.05) is 6.61 Å². The van der Waals surface area contributed by atoms with E-state index in [1.165, 1.54) is 6.07 Å². The lowest BCUT2D eigenvalue weighted by Crippen LogP contribution is -2.43. The summed E-state index contributed by atoms with van der Waals surface area (Å²) in [6.07, 6.45) is 2.31. The van der Waals surface area contributed by atoms with Gasteiger partial charge in [0.2, 0.25) is 0 Å². The number of hydrogen-bond donors (Lipinski definition) is 1. The molecule has 0 saturated carbocycles. The third-order valence-electron chi connectivity index (χ3n) is 3.39. The molecule has 0 radical (unpaired) electrons. The molecule has 0 amide bonds. The standard InChI is InChI=1S/C13H18FNO/c1-2-13(9-10(15)7-8-16-13)11-5-3-4-6-12(11)14/h3-6,10H,2,7-9,15H2,1H3. The Hall–Kier alpha value is -0.930.